The Morgan fingerprint density at radius 1 is 1.24 bits per heavy atom. The second-order valence-electron chi connectivity index (χ2n) is 7.00. The molecule has 3 aromatic rings. The van der Waals surface area contributed by atoms with Crippen molar-refractivity contribution < 1.29 is 13.9 Å². The number of aromatic amines is 1. The van der Waals surface area contributed by atoms with Crippen LogP contribution >= 0.6 is 0 Å². The average Bonchev–Trinajstić information content (AvgIpc) is 3.19. The zero-order valence-electron chi connectivity index (χ0n) is 16.2. The van der Waals surface area contributed by atoms with E-state index in [0.29, 0.717) is 30.4 Å². The maximum Gasteiger partial charge on any atom is 0.253 e. The van der Waals surface area contributed by atoms with Crippen LogP contribution < -0.4 is 4.74 Å². The van der Waals surface area contributed by atoms with Gasteiger partial charge in [0.2, 0.25) is 5.88 Å². The Labute approximate surface area is 167 Å². The van der Waals surface area contributed by atoms with Crippen molar-refractivity contribution in [3.63, 3.8) is 0 Å². The number of likely N-dealkylation sites (tertiary alicyclic amines) is 1. The highest BCUT2D eigenvalue weighted by Gasteiger charge is 2.27. The summed E-state index contributed by atoms with van der Waals surface area (Å²) in [4.78, 5) is 27.5. The van der Waals surface area contributed by atoms with Crippen molar-refractivity contribution in [1.29, 1.82) is 0 Å². The first-order valence-electron chi connectivity index (χ1n) is 9.39. The number of aromatic nitrogens is 5. The number of H-pyrrole nitrogens is 1. The van der Waals surface area contributed by atoms with Crippen molar-refractivity contribution in [1.82, 2.24) is 30.0 Å². The van der Waals surface area contributed by atoms with E-state index in [0.717, 1.165) is 24.5 Å². The van der Waals surface area contributed by atoms with E-state index in [9.17, 15) is 9.18 Å². The number of amides is 1. The number of ether oxygens (including phenoxy) is 1. The van der Waals surface area contributed by atoms with Gasteiger partial charge in [0.1, 0.15) is 11.6 Å². The number of hydrogen-bond donors (Lipinski definition) is 1. The standard InChI is InChI=1S/C20H21FN6O2/c1-12-23-19(26-25-12)13-4-7-27(8-5-13)20(28)15-9-14(10-16(21)11-15)18-22-6-3-17(24-18)29-2/h3,6,9-11,13H,4-5,7-8H2,1-2H3,(H,23,25,26). The number of nitrogens with one attached hydrogen (secondary N) is 1. The van der Waals surface area contributed by atoms with Crippen molar-refractivity contribution in [3.05, 3.63) is 53.5 Å². The largest absolute Gasteiger partial charge is 0.481 e. The zero-order valence-corrected chi connectivity index (χ0v) is 16.2. The maximum absolute atomic E-state index is 14.2. The summed E-state index contributed by atoms with van der Waals surface area (Å²) >= 11 is 0. The number of carbonyl (C=O) groups excluding carboxylic acids is 1. The van der Waals surface area contributed by atoms with E-state index in [1.807, 2.05) is 6.92 Å². The Morgan fingerprint density at radius 2 is 2.03 bits per heavy atom. The van der Waals surface area contributed by atoms with Crippen LogP contribution in [0.3, 0.4) is 0 Å². The molecule has 1 amide bonds. The van der Waals surface area contributed by atoms with Crippen LogP contribution in [0.2, 0.25) is 0 Å². The number of halogens is 1. The summed E-state index contributed by atoms with van der Waals surface area (Å²) in [6.45, 7) is 3.00. The summed E-state index contributed by atoms with van der Waals surface area (Å²) in [6.07, 6.45) is 3.07. The molecule has 1 N–H and O–H groups in total. The lowest BCUT2D eigenvalue weighted by Crippen LogP contribution is -2.38. The van der Waals surface area contributed by atoms with Crippen molar-refractivity contribution in [3.8, 4) is 17.3 Å². The van der Waals surface area contributed by atoms with Gasteiger partial charge in [0.15, 0.2) is 11.6 Å². The molecule has 4 rings (SSSR count). The quantitative estimate of drug-likeness (QED) is 0.728. The lowest BCUT2D eigenvalue weighted by Gasteiger charge is -2.31. The van der Waals surface area contributed by atoms with Gasteiger partial charge in [-0.25, -0.2) is 14.4 Å². The summed E-state index contributed by atoms with van der Waals surface area (Å²) in [5.41, 5.74) is 0.706. The van der Waals surface area contributed by atoms with Gasteiger partial charge in [-0.15, -0.1) is 0 Å². The third-order valence-corrected chi connectivity index (χ3v) is 5.00. The number of piperidine rings is 1. The Bertz CT molecular complexity index is 1030. The van der Waals surface area contributed by atoms with Crippen molar-refractivity contribution in [2.45, 2.75) is 25.7 Å². The number of carbonyl (C=O) groups is 1. The number of hydrogen-bond acceptors (Lipinski definition) is 6. The van der Waals surface area contributed by atoms with Gasteiger partial charge in [-0.2, -0.15) is 10.1 Å². The van der Waals surface area contributed by atoms with Crippen LogP contribution in [0.25, 0.3) is 11.4 Å². The molecular weight excluding hydrogens is 375 g/mol. The number of benzene rings is 1. The molecule has 0 radical (unpaired) electrons. The SMILES string of the molecule is COc1ccnc(-c2cc(F)cc(C(=O)N3CCC(c4n[nH]c(C)n4)CC3)c2)n1. The molecule has 0 spiro atoms. The van der Waals surface area contributed by atoms with Gasteiger partial charge in [-0.05, 0) is 38.0 Å². The molecule has 1 fully saturated rings. The first kappa shape index (κ1) is 19.0. The van der Waals surface area contributed by atoms with Crippen LogP contribution in [0.15, 0.2) is 30.5 Å². The highest BCUT2D eigenvalue weighted by molar-refractivity contribution is 5.95. The van der Waals surface area contributed by atoms with Gasteiger partial charge in [-0.1, -0.05) is 0 Å². The van der Waals surface area contributed by atoms with Crippen LogP contribution in [-0.4, -0.2) is 56.2 Å². The first-order valence-corrected chi connectivity index (χ1v) is 9.39. The number of rotatable bonds is 4. The summed E-state index contributed by atoms with van der Waals surface area (Å²) in [7, 11) is 1.50. The molecule has 0 atom stereocenters. The molecule has 0 aliphatic carbocycles. The molecule has 9 heteroatoms. The molecule has 2 aromatic heterocycles. The minimum absolute atomic E-state index is 0.210. The summed E-state index contributed by atoms with van der Waals surface area (Å²) in [5.74, 6) is 1.75. The molecule has 1 saturated heterocycles. The lowest BCUT2D eigenvalue weighted by atomic mass is 9.95. The highest BCUT2D eigenvalue weighted by atomic mass is 19.1. The molecule has 8 nitrogen and oxygen atoms in total. The van der Waals surface area contributed by atoms with Crippen molar-refractivity contribution in [2.75, 3.05) is 20.2 Å². The third-order valence-electron chi connectivity index (χ3n) is 5.00. The molecule has 150 valence electrons. The fourth-order valence-electron chi connectivity index (χ4n) is 3.50. The monoisotopic (exact) mass is 396 g/mol. The van der Waals surface area contributed by atoms with Crippen LogP contribution in [0, 0.1) is 12.7 Å². The van der Waals surface area contributed by atoms with Gasteiger partial charge in [0, 0.05) is 42.4 Å². The summed E-state index contributed by atoms with van der Waals surface area (Å²) in [5, 5.41) is 7.08. The van der Waals surface area contributed by atoms with Crippen molar-refractivity contribution in [2.24, 2.45) is 0 Å². The molecule has 0 bridgehead atoms. The van der Waals surface area contributed by atoms with E-state index in [4.69, 9.17) is 4.74 Å². The average molecular weight is 396 g/mol. The summed E-state index contributed by atoms with van der Waals surface area (Å²) in [6, 6.07) is 5.78. The smallest absolute Gasteiger partial charge is 0.253 e. The number of methoxy groups -OCH3 is 1. The van der Waals surface area contributed by atoms with Gasteiger partial charge in [-0.3, -0.25) is 9.89 Å². The van der Waals surface area contributed by atoms with Crippen LogP contribution in [-0.2, 0) is 0 Å². The fourth-order valence-corrected chi connectivity index (χ4v) is 3.50. The van der Waals surface area contributed by atoms with E-state index >= 15 is 0 Å². The van der Waals surface area contributed by atoms with Crippen LogP contribution in [0.1, 0.15) is 40.8 Å². The molecule has 1 aliphatic rings. The molecule has 1 aliphatic heterocycles. The van der Waals surface area contributed by atoms with E-state index in [1.165, 1.54) is 25.4 Å². The molecular formula is C20H21FN6O2. The van der Waals surface area contributed by atoms with Gasteiger partial charge >= 0.3 is 0 Å². The minimum Gasteiger partial charge on any atom is -0.481 e. The van der Waals surface area contributed by atoms with Crippen LogP contribution in [0.4, 0.5) is 4.39 Å². The molecule has 29 heavy (non-hydrogen) atoms. The number of nitrogens with zero attached hydrogens (tertiary/aromatic N) is 5. The summed E-state index contributed by atoms with van der Waals surface area (Å²) < 4.78 is 19.3. The Kier molecular flexibility index (Phi) is 5.20. The minimum atomic E-state index is -0.511. The normalized spacial score (nSPS) is 14.8. The predicted molar refractivity (Wildman–Crippen MR) is 103 cm³/mol. The first-order chi connectivity index (χ1) is 14.0. The van der Waals surface area contributed by atoms with Crippen LogP contribution in [0.5, 0.6) is 5.88 Å². The van der Waals surface area contributed by atoms with Gasteiger partial charge in [0.05, 0.1) is 7.11 Å². The Balaban J connectivity index is 1.51. The highest BCUT2D eigenvalue weighted by Crippen LogP contribution is 2.27. The molecule has 0 saturated carbocycles. The Hall–Kier alpha value is -3.36. The second kappa shape index (κ2) is 7.94. The predicted octanol–water partition coefficient (Wildman–Crippen LogP) is 2.74. The van der Waals surface area contributed by atoms with E-state index in [-0.39, 0.29) is 17.4 Å². The van der Waals surface area contributed by atoms with Gasteiger partial charge in [0.25, 0.3) is 5.91 Å². The molecule has 3 heterocycles. The lowest BCUT2D eigenvalue weighted by molar-refractivity contribution is 0.0710. The van der Waals surface area contributed by atoms with E-state index in [1.54, 1.807) is 17.0 Å². The second-order valence-corrected chi connectivity index (χ2v) is 7.00. The number of aryl methyl sites for hydroxylation is 1. The Morgan fingerprint density at radius 3 is 2.72 bits per heavy atom. The van der Waals surface area contributed by atoms with Crippen molar-refractivity contribution >= 4 is 5.91 Å². The maximum atomic E-state index is 14.2. The fraction of sp³-hybridized carbons (Fsp3) is 0.350. The molecule has 0 unspecified atom stereocenters. The van der Waals surface area contributed by atoms with E-state index in [2.05, 4.69) is 25.1 Å². The van der Waals surface area contributed by atoms with Gasteiger partial charge < -0.3 is 9.64 Å². The topological polar surface area (TPSA) is 96.9 Å². The third kappa shape index (κ3) is 4.08. The zero-order chi connectivity index (χ0) is 20.4. The van der Waals surface area contributed by atoms with E-state index < -0.39 is 5.82 Å². The molecule has 1 aromatic carbocycles.